The number of rotatable bonds is 4. The second-order valence-corrected chi connectivity index (χ2v) is 1.99. The average Bonchev–Trinajstić information content (AvgIpc) is 2.49. The van der Waals surface area contributed by atoms with Gasteiger partial charge in [-0.2, -0.15) is 5.10 Å². The Hall–Kier alpha value is -1.85. The van der Waals surface area contributed by atoms with Crippen LogP contribution in [0, 0.1) is 0 Å². The number of aromatic amines is 1. The summed E-state index contributed by atoms with van der Waals surface area (Å²) in [6.07, 6.45) is 2.98. The first-order valence-electron chi connectivity index (χ1n) is 3.22. The summed E-state index contributed by atoms with van der Waals surface area (Å²) in [6, 6.07) is 1.71. The zero-order chi connectivity index (χ0) is 8.81. The van der Waals surface area contributed by atoms with Crippen LogP contribution in [0.1, 0.15) is 5.69 Å². The number of oxime groups is 1. The molecule has 1 aromatic heterocycles. The Bertz CT molecular complexity index is 267. The summed E-state index contributed by atoms with van der Waals surface area (Å²) in [5.74, 6) is -0.559. The number of primary amides is 1. The summed E-state index contributed by atoms with van der Waals surface area (Å²) >= 11 is 0. The van der Waals surface area contributed by atoms with Crippen LogP contribution in [0.25, 0.3) is 0 Å². The lowest BCUT2D eigenvalue weighted by Gasteiger charge is -1.91. The topological polar surface area (TPSA) is 93.4 Å². The first-order valence-corrected chi connectivity index (χ1v) is 3.22. The van der Waals surface area contributed by atoms with Crippen molar-refractivity contribution >= 4 is 12.1 Å². The molecule has 64 valence electrons. The van der Waals surface area contributed by atoms with Crippen LogP contribution in [0.4, 0.5) is 0 Å². The molecule has 0 aliphatic heterocycles. The Balaban J connectivity index is 2.27. The Labute approximate surface area is 68.4 Å². The number of H-pyrrole nitrogens is 1. The molecular formula is C6H8N4O2. The maximum atomic E-state index is 10.2. The van der Waals surface area contributed by atoms with Crippen LogP contribution in [0.15, 0.2) is 17.4 Å². The van der Waals surface area contributed by atoms with E-state index in [9.17, 15) is 4.79 Å². The van der Waals surface area contributed by atoms with Gasteiger partial charge >= 0.3 is 0 Å². The molecule has 0 aliphatic rings. The molecule has 0 saturated carbocycles. The summed E-state index contributed by atoms with van der Waals surface area (Å²) in [6.45, 7) is -0.218. The fourth-order valence-corrected chi connectivity index (χ4v) is 0.533. The number of nitrogens with one attached hydrogen (secondary N) is 1. The number of carbonyl (C=O) groups excluding carboxylic acids is 1. The van der Waals surface area contributed by atoms with E-state index in [1.54, 1.807) is 12.3 Å². The first-order chi connectivity index (χ1) is 5.79. The predicted molar refractivity (Wildman–Crippen MR) is 41.3 cm³/mol. The van der Waals surface area contributed by atoms with Crippen LogP contribution in [0.2, 0.25) is 0 Å². The van der Waals surface area contributed by atoms with Crippen molar-refractivity contribution in [2.24, 2.45) is 10.9 Å². The van der Waals surface area contributed by atoms with Gasteiger partial charge in [0.15, 0.2) is 6.61 Å². The number of amides is 1. The molecular weight excluding hydrogens is 160 g/mol. The molecule has 6 nitrogen and oxygen atoms in total. The van der Waals surface area contributed by atoms with Crippen LogP contribution in [0.3, 0.4) is 0 Å². The second-order valence-electron chi connectivity index (χ2n) is 1.99. The van der Waals surface area contributed by atoms with E-state index in [1.165, 1.54) is 6.21 Å². The third kappa shape index (κ3) is 2.82. The molecule has 0 fully saturated rings. The molecule has 0 atom stereocenters. The second kappa shape index (κ2) is 4.12. The third-order valence-corrected chi connectivity index (χ3v) is 0.995. The highest BCUT2D eigenvalue weighted by atomic mass is 16.6. The van der Waals surface area contributed by atoms with Crippen LogP contribution >= 0.6 is 0 Å². The van der Waals surface area contributed by atoms with E-state index in [-0.39, 0.29) is 6.61 Å². The molecule has 1 amide bonds. The van der Waals surface area contributed by atoms with E-state index in [2.05, 4.69) is 20.2 Å². The van der Waals surface area contributed by atoms with Crippen LogP contribution in [0.5, 0.6) is 0 Å². The molecule has 0 bridgehead atoms. The van der Waals surface area contributed by atoms with Gasteiger partial charge in [0.1, 0.15) is 0 Å². The highest BCUT2D eigenvalue weighted by Crippen LogP contribution is 1.85. The van der Waals surface area contributed by atoms with Gasteiger partial charge in [0.05, 0.1) is 11.9 Å². The predicted octanol–water partition coefficient (Wildman–Crippen LogP) is -0.755. The van der Waals surface area contributed by atoms with Crippen molar-refractivity contribution in [1.82, 2.24) is 10.2 Å². The number of aromatic nitrogens is 2. The lowest BCUT2D eigenvalue weighted by Crippen LogP contribution is -2.16. The van der Waals surface area contributed by atoms with Crippen molar-refractivity contribution in [3.63, 3.8) is 0 Å². The van der Waals surface area contributed by atoms with Gasteiger partial charge in [0.25, 0.3) is 5.91 Å². The van der Waals surface area contributed by atoms with Gasteiger partial charge in [0, 0.05) is 6.20 Å². The minimum atomic E-state index is -0.559. The summed E-state index contributed by atoms with van der Waals surface area (Å²) in [4.78, 5) is 14.7. The van der Waals surface area contributed by atoms with Gasteiger partial charge in [-0.25, -0.2) is 0 Å². The van der Waals surface area contributed by atoms with Crippen molar-refractivity contribution in [1.29, 1.82) is 0 Å². The van der Waals surface area contributed by atoms with E-state index in [0.717, 1.165) is 0 Å². The van der Waals surface area contributed by atoms with E-state index in [4.69, 9.17) is 5.73 Å². The van der Waals surface area contributed by atoms with E-state index in [1.807, 2.05) is 0 Å². The largest absolute Gasteiger partial charge is 0.386 e. The van der Waals surface area contributed by atoms with Crippen molar-refractivity contribution in [3.05, 3.63) is 18.0 Å². The van der Waals surface area contributed by atoms with Crippen LogP contribution < -0.4 is 5.73 Å². The quantitative estimate of drug-likeness (QED) is 0.457. The lowest BCUT2D eigenvalue weighted by atomic mass is 10.5. The lowest BCUT2D eigenvalue weighted by molar-refractivity contribution is -0.122. The molecule has 0 radical (unpaired) electrons. The van der Waals surface area contributed by atoms with Gasteiger partial charge < -0.3 is 10.6 Å². The molecule has 1 rings (SSSR count). The molecule has 0 aromatic carbocycles. The molecule has 12 heavy (non-hydrogen) atoms. The van der Waals surface area contributed by atoms with Gasteiger partial charge in [-0.15, -0.1) is 0 Å². The fourth-order valence-electron chi connectivity index (χ4n) is 0.533. The Morgan fingerprint density at radius 1 is 1.92 bits per heavy atom. The number of nitrogens with two attached hydrogens (primary N) is 1. The van der Waals surface area contributed by atoms with Gasteiger partial charge in [-0.1, -0.05) is 5.16 Å². The average molecular weight is 168 g/mol. The van der Waals surface area contributed by atoms with E-state index < -0.39 is 5.91 Å². The zero-order valence-electron chi connectivity index (χ0n) is 6.23. The van der Waals surface area contributed by atoms with Crippen molar-refractivity contribution in [3.8, 4) is 0 Å². The highest BCUT2D eigenvalue weighted by Gasteiger charge is 1.90. The van der Waals surface area contributed by atoms with Crippen molar-refractivity contribution in [2.75, 3.05) is 6.61 Å². The Morgan fingerprint density at radius 2 is 2.75 bits per heavy atom. The Kier molecular flexibility index (Phi) is 2.83. The maximum absolute atomic E-state index is 10.2. The number of hydrogen-bond acceptors (Lipinski definition) is 4. The van der Waals surface area contributed by atoms with Gasteiger partial charge in [-0.05, 0) is 6.07 Å². The van der Waals surface area contributed by atoms with Gasteiger partial charge in [-0.3, -0.25) is 9.89 Å². The fraction of sp³-hybridized carbons (Fsp3) is 0.167. The number of hydrogen-bond donors (Lipinski definition) is 2. The molecule has 6 heteroatoms. The summed E-state index contributed by atoms with van der Waals surface area (Å²) in [7, 11) is 0. The molecule has 1 heterocycles. The van der Waals surface area contributed by atoms with Crippen LogP contribution in [-0.4, -0.2) is 28.9 Å². The minimum Gasteiger partial charge on any atom is -0.386 e. The number of nitrogens with zero attached hydrogens (tertiary/aromatic N) is 2. The summed E-state index contributed by atoms with van der Waals surface area (Å²) < 4.78 is 0. The minimum absolute atomic E-state index is 0.218. The zero-order valence-corrected chi connectivity index (χ0v) is 6.23. The highest BCUT2D eigenvalue weighted by molar-refractivity contribution is 5.77. The van der Waals surface area contributed by atoms with E-state index in [0.29, 0.717) is 5.69 Å². The Morgan fingerprint density at radius 3 is 3.33 bits per heavy atom. The summed E-state index contributed by atoms with van der Waals surface area (Å²) in [5, 5.41) is 9.76. The SMILES string of the molecule is NC(=O)CON=Cc1ccn[nH]1. The maximum Gasteiger partial charge on any atom is 0.258 e. The molecule has 1 aromatic rings. The van der Waals surface area contributed by atoms with Crippen molar-refractivity contribution in [2.45, 2.75) is 0 Å². The molecule has 0 spiro atoms. The molecule has 3 N–H and O–H groups in total. The summed E-state index contributed by atoms with van der Waals surface area (Å²) in [5.41, 5.74) is 5.49. The molecule has 0 unspecified atom stereocenters. The number of carbonyl (C=O) groups is 1. The first kappa shape index (κ1) is 8.25. The third-order valence-electron chi connectivity index (χ3n) is 0.995. The van der Waals surface area contributed by atoms with E-state index >= 15 is 0 Å². The van der Waals surface area contributed by atoms with Crippen molar-refractivity contribution < 1.29 is 9.63 Å². The smallest absolute Gasteiger partial charge is 0.258 e. The monoisotopic (exact) mass is 168 g/mol. The molecule has 0 aliphatic carbocycles. The van der Waals surface area contributed by atoms with Gasteiger partial charge in [0.2, 0.25) is 0 Å². The standard InChI is InChI=1S/C6H8N4O2/c7-6(11)4-12-9-3-5-1-2-8-10-5/h1-3H,4H2,(H2,7,11)(H,8,10). The van der Waals surface area contributed by atoms with Crippen LogP contribution in [-0.2, 0) is 9.63 Å². The molecule has 0 saturated heterocycles. The normalized spacial score (nSPS) is 10.3.